The van der Waals surface area contributed by atoms with Gasteiger partial charge in [-0.25, -0.2) is 13.2 Å². The average molecular weight is 271 g/mol. The molecule has 0 radical (unpaired) electrons. The third kappa shape index (κ3) is 2.05. The highest BCUT2D eigenvalue weighted by Gasteiger charge is 2.22. The topological polar surface area (TPSA) is 130 Å². The van der Waals surface area contributed by atoms with Gasteiger partial charge in [-0.15, -0.1) is 0 Å². The summed E-state index contributed by atoms with van der Waals surface area (Å²) in [7, 11) is -2.46. The molecular formula is C8H9N5O4S. The van der Waals surface area contributed by atoms with E-state index < -0.39 is 16.0 Å². The molecule has 2 aromatic rings. The van der Waals surface area contributed by atoms with Crippen molar-refractivity contribution in [1.29, 1.82) is 0 Å². The maximum absolute atomic E-state index is 11.9. The van der Waals surface area contributed by atoms with Crippen LogP contribution in [0.15, 0.2) is 23.5 Å². The molecule has 0 aliphatic carbocycles. The van der Waals surface area contributed by atoms with Crippen molar-refractivity contribution in [2.75, 3.05) is 4.72 Å². The smallest absolute Gasteiger partial charge is 0.341 e. The molecule has 3 N–H and O–H groups in total. The van der Waals surface area contributed by atoms with Gasteiger partial charge in [0, 0.05) is 13.2 Å². The minimum Gasteiger partial charge on any atom is -0.477 e. The SMILES string of the molecule is Cn1ncc(C(=O)O)c1NS(=O)(=O)c1cn[nH]c1. The van der Waals surface area contributed by atoms with Crippen molar-refractivity contribution in [2.24, 2.45) is 7.05 Å². The molecule has 0 spiro atoms. The number of aromatic amines is 1. The summed E-state index contributed by atoms with van der Waals surface area (Å²) in [4.78, 5) is 10.8. The number of hydrogen-bond donors (Lipinski definition) is 3. The zero-order valence-electron chi connectivity index (χ0n) is 9.15. The fraction of sp³-hybridized carbons (Fsp3) is 0.125. The van der Waals surface area contributed by atoms with Crippen LogP contribution in [0.2, 0.25) is 0 Å². The Balaban J connectivity index is 2.41. The number of carboxylic acids is 1. The van der Waals surface area contributed by atoms with E-state index in [1.54, 1.807) is 0 Å². The lowest BCUT2D eigenvalue weighted by atomic mass is 10.3. The van der Waals surface area contributed by atoms with Gasteiger partial charge in [-0.3, -0.25) is 14.5 Å². The van der Waals surface area contributed by atoms with E-state index in [-0.39, 0.29) is 16.3 Å². The molecule has 2 rings (SSSR count). The van der Waals surface area contributed by atoms with Crippen LogP contribution in [0.3, 0.4) is 0 Å². The molecule has 0 saturated heterocycles. The second-order valence-electron chi connectivity index (χ2n) is 3.38. The van der Waals surface area contributed by atoms with E-state index in [1.165, 1.54) is 13.2 Å². The average Bonchev–Trinajstić information content (AvgIpc) is 2.89. The maximum atomic E-state index is 11.9. The summed E-state index contributed by atoms with van der Waals surface area (Å²) < 4.78 is 27.0. The van der Waals surface area contributed by atoms with Gasteiger partial charge in [0.1, 0.15) is 10.5 Å². The van der Waals surface area contributed by atoms with Gasteiger partial charge < -0.3 is 5.11 Å². The van der Waals surface area contributed by atoms with Crippen LogP contribution in [0.1, 0.15) is 10.4 Å². The van der Waals surface area contributed by atoms with E-state index in [9.17, 15) is 13.2 Å². The Morgan fingerprint density at radius 3 is 2.78 bits per heavy atom. The molecular weight excluding hydrogens is 262 g/mol. The van der Waals surface area contributed by atoms with Gasteiger partial charge in [-0.05, 0) is 0 Å². The van der Waals surface area contributed by atoms with Crippen molar-refractivity contribution in [3.8, 4) is 0 Å². The Morgan fingerprint density at radius 1 is 1.50 bits per heavy atom. The Kier molecular flexibility index (Phi) is 2.79. The lowest BCUT2D eigenvalue weighted by Gasteiger charge is -2.07. The van der Waals surface area contributed by atoms with Crippen molar-refractivity contribution < 1.29 is 18.3 Å². The summed E-state index contributed by atoms with van der Waals surface area (Å²) in [5, 5.41) is 18.5. The van der Waals surface area contributed by atoms with Crippen molar-refractivity contribution in [3.63, 3.8) is 0 Å². The first-order valence-corrected chi connectivity index (χ1v) is 6.17. The molecule has 0 bridgehead atoms. The van der Waals surface area contributed by atoms with E-state index in [0.29, 0.717) is 0 Å². The van der Waals surface area contributed by atoms with Crippen molar-refractivity contribution in [2.45, 2.75) is 4.90 Å². The molecule has 2 aromatic heterocycles. The summed E-state index contributed by atoms with van der Waals surface area (Å²) in [5.74, 6) is -1.39. The minimum atomic E-state index is -3.89. The number of hydrogen-bond acceptors (Lipinski definition) is 5. The molecule has 0 saturated carbocycles. The lowest BCUT2D eigenvalue weighted by molar-refractivity contribution is 0.0698. The zero-order valence-corrected chi connectivity index (χ0v) is 9.97. The fourth-order valence-corrected chi connectivity index (χ4v) is 2.30. The van der Waals surface area contributed by atoms with Crippen LogP contribution in [0.25, 0.3) is 0 Å². The number of carboxylic acid groups (broad SMARTS) is 1. The Morgan fingerprint density at radius 2 is 2.22 bits per heavy atom. The quantitative estimate of drug-likeness (QED) is 0.696. The largest absolute Gasteiger partial charge is 0.477 e. The first kappa shape index (κ1) is 12.1. The third-order valence-corrected chi connectivity index (χ3v) is 3.49. The number of H-pyrrole nitrogens is 1. The van der Waals surface area contributed by atoms with E-state index in [0.717, 1.165) is 17.1 Å². The number of sulfonamides is 1. The van der Waals surface area contributed by atoms with Gasteiger partial charge in [0.05, 0.1) is 12.4 Å². The number of rotatable bonds is 4. The minimum absolute atomic E-state index is 0.0972. The van der Waals surface area contributed by atoms with Crippen LogP contribution in [-0.2, 0) is 17.1 Å². The molecule has 0 aliphatic rings. The standard InChI is InChI=1S/C8H9N5O4S/c1-13-7(6(4-11-13)8(14)15)12-18(16,17)5-2-9-10-3-5/h2-4,12H,1H3,(H,9,10)(H,14,15). The Bertz CT molecular complexity index is 672. The lowest BCUT2D eigenvalue weighted by Crippen LogP contribution is -2.17. The number of anilines is 1. The second kappa shape index (κ2) is 4.14. The van der Waals surface area contributed by atoms with Gasteiger partial charge in [-0.2, -0.15) is 10.2 Å². The van der Waals surface area contributed by atoms with E-state index in [4.69, 9.17) is 5.11 Å². The number of nitrogens with one attached hydrogen (secondary N) is 2. The van der Waals surface area contributed by atoms with Gasteiger partial charge in [0.15, 0.2) is 5.82 Å². The highest BCUT2D eigenvalue weighted by atomic mass is 32.2. The normalized spacial score (nSPS) is 11.4. The first-order chi connectivity index (χ1) is 8.42. The van der Waals surface area contributed by atoms with Crippen molar-refractivity contribution >= 4 is 21.8 Å². The summed E-state index contributed by atoms with van der Waals surface area (Å²) in [6.45, 7) is 0. The predicted molar refractivity (Wildman–Crippen MR) is 59.6 cm³/mol. The number of aromatic carboxylic acids is 1. The summed E-state index contributed by atoms with van der Waals surface area (Å²) in [5.41, 5.74) is -0.232. The monoisotopic (exact) mass is 271 g/mol. The summed E-state index contributed by atoms with van der Waals surface area (Å²) >= 11 is 0. The van der Waals surface area contributed by atoms with Crippen LogP contribution in [0.4, 0.5) is 5.82 Å². The molecule has 0 fully saturated rings. The fourth-order valence-electron chi connectivity index (χ4n) is 1.29. The van der Waals surface area contributed by atoms with Crippen molar-refractivity contribution in [1.82, 2.24) is 20.0 Å². The first-order valence-electron chi connectivity index (χ1n) is 4.68. The van der Waals surface area contributed by atoms with Crippen molar-refractivity contribution in [3.05, 3.63) is 24.2 Å². The van der Waals surface area contributed by atoms with Gasteiger partial charge >= 0.3 is 5.97 Å². The molecule has 0 atom stereocenters. The molecule has 10 heteroatoms. The number of aryl methyl sites for hydroxylation is 1. The second-order valence-corrected chi connectivity index (χ2v) is 5.06. The maximum Gasteiger partial charge on any atom is 0.341 e. The van der Waals surface area contributed by atoms with Crippen LogP contribution in [0, 0.1) is 0 Å². The molecule has 0 aromatic carbocycles. The molecule has 0 aliphatic heterocycles. The Hall–Kier alpha value is -2.36. The van der Waals surface area contributed by atoms with E-state index in [1.807, 2.05) is 0 Å². The van der Waals surface area contributed by atoms with E-state index >= 15 is 0 Å². The molecule has 18 heavy (non-hydrogen) atoms. The molecule has 0 unspecified atom stereocenters. The zero-order chi connectivity index (χ0) is 13.3. The van der Waals surface area contributed by atoms with Gasteiger partial charge in [0.2, 0.25) is 0 Å². The predicted octanol–water partition coefficient (Wildman–Crippen LogP) is -0.358. The van der Waals surface area contributed by atoms with Crippen LogP contribution in [0.5, 0.6) is 0 Å². The van der Waals surface area contributed by atoms with E-state index in [2.05, 4.69) is 20.0 Å². The molecule has 9 nitrogen and oxygen atoms in total. The molecule has 2 heterocycles. The Labute approximate surface area is 101 Å². The number of nitrogens with zero attached hydrogens (tertiary/aromatic N) is 3. The summed E-state index contributed by atoms with van der Waals surface area (Å²) in [6, 6.07) is 0. The van der Waals surface area contributed by atoms with Crippen LogP contribution < -0.4 is 4.72 Å². The highest BCUT2D eigenvalue weighted by Crippen LogP contribution is 2.18. The van der Waals surface area contributed by atoms with Crippen LogP contribution in [-0.4, -0.2) is 39.5 Å². The number of carbonyl (C=O) groups is 1. The summed E-state index contributed by atoms with van der Waals surface area (Å²) in [6.07, 6.45) is 3.35. The van der Waals surface area contributed by atoms with Crippen LogP contribution >= 0.6 is 0 Å². The number of aromatic nitrogens is 4. The van der Waals surface area contributed by atoms with Gasteiger partial charge in [-0.1, -0.05) is 0 Å². The third-order valence-electron chi connectivity index (χ3n) is 2.18. The molecule has 96 valence electrons. The highest BCUT2D eigenvalue weighted by molar-refractivity contribution is 7.92. The molecule has 0 amide bonds. The van der Waals surface area contributed by atoms with Gasteiger partial charge in [0.25, 0.3) is 10.0 Å².